The van der Waals surface area contributed by atoms with Crippen molar-refractivity contribution < 1.29 is 37.7 Å². The molecule has 1 saturated heterocycles. The molecule has 1 aromatic heterocycles. The lowest BCUT2D eigenvalue weighted by Gasteiger charge is -2.38. The molecule has 12 heteroatoms. The minimum Gasteiger partial charge on any atom is -0.496 e. The van der Waals surface area contributed by atoms with Crippen LogP contribution in [0.15, 0.2) is 29.6 Å². The Balaban J connectivity index is 1.33. The fraction of sp³-hybridized carbons (Fsp3) is 0.553. The molecule has 0 saturated carbocycles. The maximum atomic E-state index is 16.0. The second-order valence-electron chi connectivity index (χ2n) is 14.8. The number of methoxy groups -OCH3 is 1. The molecule has 2 aliphatic heterocycles. The van der Waals surface area contributed by atoms with Gasteiger partial charge in [0.05, 0.1) is 31.4 Å². The molecule has 2 aliphatic rings. The number of halogens is 1. The van der Waals surface area contributed by atoms with Crippen LogP contribution in [0.4, 0.5) is 14.3 Å². The Kier molecular flexibility index (Phi) is 11.3. The van der Waals surface area contributed by atoms with Gasteiger partial charge in [-0.2, -0.15) is 0 Å². The van der Waals surface area contributed by atoms with Gasteiger partial charge in [-0.3, -0.25) is 4.79 Å². The van der Waals surface area contributed by atoms with E-state index < -0.39 is 17.3 Å². The van der Waals surface area contributed by atoms with Gasteiger partial charge in [0, 0.05) is 48.3 Å². The normalized spacial score (nSPS) is 18.0. The van der Waals surface area contributed by atoms with Gasteiger partial charge >= 0.3 is 12.1 Å². The summed E-state index contributed by atoms with van der Waals surface area (Å²) in [6.45, 7) is 17.1. The van der Waals surface area contributed by atoms with E-state index in [1.54, 1.807) is 18.1 Å². The largest absolute Gasteiger partial charge is 0.496 e. The molecule has 2 atom stereocenters. The number of rotatable bonds is 9. The minimum absolute atomic E-state index is 0.0195. The van der Waals surface area contributed by atoms with Gasteiger partial charge in [-0.15, -0.1) is 11.3 Å². The van der Waals surface area contributed by atoms with Crippen molar-refractivity contribution in [1.29, 1.82) is 0 Å². The highest BCUT2D eigenvalue weighted by Crippen LogP contribution is 2.39. The van der Waals surface area contributed by atoms with Gasteiger partial charge in [0.15, 0.2) is 5.13 Å². The van der Waals surface area contributed by atoms with Crippen molar-refractivity contribution in [1.82, 2.24) is 9.88 Å². The Hall–Kier alpha value is -3.90. The predicted octanol–water partition coefficient (Wildman–Crippen LogP) is 7.71. The zero-order valence-electron chi connectivity index (χ0n) is 30.7. The number of carbonyl (C=O) groups excluding carboxylic acids is 2. The fourth-order valence-electron chi connectivity index (χ4n) is 6.35. The van der Waals surface area contributed by atoms with Gasteiger partial charge in [-0.1, -0.05) is 12.1 Å². The van der Waals surface area contributed by atoms with Gasteiger partial charge in [0.1, 0.15) is 35.1 Å². The van der Waals surface area contributed by atoms with Gasteiger partial charge in [0.2, 0.25) is 0 Å². The topological polar surface area (TPSA) is 99.7 Å². The van der Waals surface area contributed by atoms with Gasteiger partial charge in [0.25, 0.3) is 0 Å². The number of hydrogen-bond acceptors (Lipinski definition) is 10. The van der Waals surface area contributed by atoms with Crippen LogP contribution in [0.25, 0.3) is 11.3 Å². The highest BCUT2D eigenvalue weighted by atomic mass is 32.1. The molecular weight excluding hydrogens is 661 g/mol. The molecule has 3 heterocycles. The molecule has 10 nitrogen and oxygen atoms in total. The Labute approximate surface area is 298 Å². The Morgan fingerprint density at radius 3 is 2.48 bits per heavy atom. The number of aryl methyl sites for hydroxylation is 1. The summed E-state index contributed by atoms with van der Waals surface area (Å²) in [4.78, 5) is 34.4. The SMILES string of the molecule is CCO[C@@H]1CN(c2nc(-c3cccc(C)c3OCc3cc(OC)c4c(c3F)CCN(C(=O)OC(C)(C)C)C4)cs2)CC[C@@H]1C(=O)OC(C)(C)C. The van der Waals surface area contributed by atoms with Crippen molar-refractivity contribution in [2.75, 3.05) is 38.3 Å². The van der Waals surface area contributed by atoms with Crippen molar-refractivity contribution >= 4 is 28.5 Å². The van der Waals surface area contributed by atoms with Crippen molar-refractivity contribution in [3.05, 3.63) is 57.7 Å². The lowest BCUT2D eigenvalue weighted by Crippen LogP contribution is -2.49. The first kappa shape index (κ1) is 37.4. The molecule has 272 valence electrons. The number of anilines is 1. The molecule has 1 amide bonds. The maximum absolute atomic E-state index is 16.0. The van der Waals surface area contributed by atoms with E-state index in [2.05, 4.69) is 4.90 Å². The van der Waals surface area contributed by atoms with Crippen molar-refractivity contribution in [2.24, 2.45) is 5.92 Å². The molecule has 2 aromatic carbocycles. The zero-order chi connectivity index (χ0) is 36.4. The van der Waals surface area contributed by atoms with Crippen molar-refractivity contribution in [3.63, 3.8) is 0 Å². The van der Waals surface area contributed by atoms with Gasteiger partial charge in [-0.05, 0) is 91.5 Å². The number of carbonyl (C=O) groups is 2. The summed E-state index contributed by atoms with van der Waals surface area (Å²) in [6.07, 6.45) is 0.191. The molecule has 0 bridgehead atoms. The summed E-state index contributed by atoms with van der Waals surface area (Å²) in [5.41, 5.74) is 2.78. The maximum Gasteiger partial charge on any atom is 0.410 e. The molecule has 0 radical (unpaired) electrons. The third-order valence-corrected chi connectivity index (χ3v) is 9.54. The molecule has 0 N–H and O–H groups in total. The summed E-state index contributed by atoms with van der Waals surface area (Å²) >= 11 is 1.52. The average molecular weight is 712 g/mol. The number of hydrogen-bond donors (Lipinski definition) is 0. The van der Waals surface area contributed by atoms with Crippen molar-refractivity contribution in [2.45, 2.75) is 98.7 Å². The fourth-order valence-corrected chi connectivity index (χ4v) is 7.22. The molecular formula is C38H50FN3O7S. The van der Waals surface area contributed by atoms with Crippen LogP contribution in [0.1, 0.15) is 77.1 Å². The lowest BCUT2D eigenvalue weighted by atomic mass is 9.93. The first-order valence-corrected chi connectivity index (χ1v) is 18.1. The number of benzene rings is 2. The molecule has 50 heavy (non-hydrogen) atoms. The lowest BCUT2D eigenvalue weighted by molar-refractivity contribution is -0.166. The van der Waals surface area contributed by atoms with Crippen LogP contribution in [0, 0.1) is 18.7 Å². The standard InChI is InChI=1S/C38H50FN3O7S/c1-10-46-31-20-41(16-15-27(31)34(43)48-37(3,4)5)35-40-29(22-50-35)26-13-11-12-23(2)33(26)47-21-24-18-30(45-9)28-19-42(17-14-25(28)32(24)39)36(44)49-38(6,7)8/h11-13,18,22,27,31H,10,14-17,19-21H2,1-9H3/t27-,31+/m0/s1. The van der Waals surface area contributed by atoms with Crippen LogP contribution in [0.2, 0.25) is 0 Å². The molecule has 1 fully saturated rings. The van der Waals surface area contributed by atoms with E-state index in [9.17, 15) is 9.59 Å². The zero-order valence-corrected chi connectivity index (χ0v) is 31.5. The van der Waals surface area contributed by atoms with E-state index in [0.29, 0.717) is 67.3 Å². The number of piperidine rings is 1. The van der Waals surface area contributed by atoms with E-state index in [-0.39, 0.29) is 37.0 Å². The van der Waals surface area contributed by atoms with Crippen LogP contribution in [-0.2, 0) is 38.6 Å². The van der Waals surface area contributed by atoms with Crippen LogP contribution in [0.3, 0.4) is 0 Å². The molecule has 0 aliphatic carbocycles. The van der Waals surface area contributed by atoms with E-state index in [4.69, 9.17) is 28.7 Å². The number of para-hydroxylation sites is 1. The third-order valence-electron chi connectivity index (χ3n) is 8.64. The summed E-state index contributed by atoms with van der Waals surface area (Å²) in [5, 5.41) is 2.82. The van der Waals surface area contributed by atoms with Crippen molar-refractivity contribution in [3.8, 4) is 22.8 Å². The summed E-state index contributed by atoms with van der Waals surface area (Å²) in [7, 11) is 1.54. The summed E-state index contributed by atoms with van der Waals surface area (Å²) in [5.74, 6) is 0.200. The second kappa shape index (κ2) is 15.1. The first-order valence-electron chi connectivity index (χ1n) is 17.2. The number of aromatic nitrogens is 1. The van der Waals surface area contributed by atoms with E-state index in [1.165, 1.54) is 11.3 Å². The number of ether oxygens (including phenoxy) is 5. The predicted molar refractivity (Wildman–Crippen MR) is 191 cm³/mol. The minimum atomic E-state index is -0.629. The van der Waals surface area contributed by atoms with Gasteiger partial charge in [-0.25, -0.2) is 14.2 Å². The van der Waals surface area contributed by atoms with Crippen LogP contribution in [0.5, 0.6) is 11.5 Å². The molecule has 3 aromatic rings. The molecule has 0 unspecified atom stereocenters. The third kappa shape index (κ3) is 8.69. The first-order chi connectivity index (χ1) is 23.6. The van der Waals surface area contributed by atoms with Crippen LogP contribution >= 0.6 is 11.3 Å². The summed E-state index contributed by atoms with van der Waals surface area (Å²) < 4.78 is 45.4. The highest BCUT2D eigenvalue weighted by Gasteiger charge is 2.38. The number of esters is 1. The Morgan fingerprint density at radius 1 is 1.06 bits per heavy atom. The number of nitrogens with zero attached hydrogens (tertiary/aromatic N) is 3. The molecule has 5 rings (SSSR count). The highest BCUT2D eigenvalue weighted by molar-refractivity contribution is 7.14. The van der Waals surface area contributed by atoms with E-state index >= 15 is 4.39 Å². The number of thiazole rings is 1. The second-order valence-corrected chi connectivity index (χ2v) is 15.6. The van der Waals surface area contributed by atoms with Crippen LogP contribution < -0.4 is 14.4 Å². The molecule has 0 spiro atoms. The Bertz CT molecular complexity index is 1700. The summed E-state index contributed by atoms with van der Waals surface area (Å²) in [6, 6.07) is 7.51. The van der Waals surface area contributed by atoms with Crippen LogP contribution in [-0.4, -0.2) is 72.6 Å². The number of amides is 1. The average Bonchev–Trinajstić information content (AvgIpc) is 3.53. The van der Waals surface area contributed by atoms with E-state index in [1.807, 2.05) is 79.0 Å². The van der Waals surface area contributed by atoms with Gasteiger partial charge < -0.3 is 33.5 Å². The smallest absolute Gasteiger partial charge is 0.410 e. The quantitative estimate of drug-likeness (QED) is 0.207. The Morgan fingerprint density at radius 2 is 1.80 bits per heavy atom. The number of fused-ring (bicyclic) bond motifs is 1. The monoisotopic (exact) mass is 711 g/mol. The van der Waals surface area contributed by atoms with E-state index in [0.717, 1.165) is 22.0 Å².